The van der Waals surface area contributed by atoms with Crippen molar-refractivity contribution >= 4 is 16.1 Å². The number of nitrogens with zero attached hydrogens (tertiary/aromatic N) is 1. The second-order valence-electron chi connectivity index (χ2n) is 5.87. The maximum Gasteiger partial charge on any atom is 0.317 e. The molecule has 0 saturated carbocycles. The minimum atomic E-state index is -3.22. The first-order valence-electron chi connectivity index (χ1n) is 7.53. The summed E-state index contributed by atoms with van der Waals surface area (Å²) in [7, 11) is -3.22. The first-order valence-corrected chi connectivity index (χ1v) is 9.42. The van der Waals surface area contributed by atoms with Gasteiger partial charge >= 0.3 is 6.03 Å². The van der Waals surface area contributed by atoms with E-state index in [-0.39, 0.29) is 23.9 Å². The van der Waals surface area contributed by atoms with Gasteiger partial charge in [0, 0.05) is 19.1 Å². The van der Waals surface area contributed by atoms with E-state index in [1.54, 1.807) is 17.0 Å². The van der Waals surface area contributed by atoms with E-state index >= 15 is 0 Å². The highest BCUT2D eigenvalue weighted by Gasteiger charge is 2.25. The van der Waals surface area contributed by atoms with Crippen molar-refractivity contribution in [3.05, 3.63) is 35.6 Å². The second kappa shape index (κ2) is 7.27. The van der Waals surface area contributed by atoms with Crippen LogP contribution in [-0.4, -0.2) is 44.7 Å². The Kier molecular flexibility index (Phi) is 5.59. The summed E-state index contributed by atoms with van der Waals surface area (Å²) in [5.74, 6) is -0.312. The van der Waals surface area contributed by atoms with Gasteiger partial charge in [0.05, 0.1) is 12.3 Å². The Hall–Kier alpha value is -1.67. The van der Waals surface area contributed by atoms with E-state index in [1.165, 1.54) is 12.1 Å². The number of nitrogens with one attached hydrogen (secondary N) is 2. The predicted octanol–water partition coefficient (Wildman–Crippen LogP) is 1.61. The largest absolute Gasteiger partial charge is 0.331 e. The molecule has 1 saturated heterocycles. The minimum absolute atomic E-state index is 0.122. The molecule has 8 heteroatoms. The van der Waals surface area contributed by atoms with Crippen LogP contribution >= 0.6 is 0 Å². The molecule has 0 aromatic heterocycles. The summed E-state index contributed by atoms with van der Waals surface area (Å²) in [5, 5.41) is 2.87. The third-order valence-electron chi connectivity index (χ3n) is 3.87. The van der Waals surface area contributed by atoms with Crippen LogP contribution in [0.15, 0.2) is 24.3 Å². The molecule has 1 aliphatic rings. The molecule has 0 radical (unpaired) electrons. The number of hydrogen-bond acceptors (Lipinski definition) is 3. The van der Waals surface area contributed by atoms with E-state index in [0.717, 1.165) is 11.8 Å². The number of urea groups is 1. The second-order valence-corrected chi connectivity index (χ2v) is 7.65. The summed E-state index contributed by atoms with van der Waals surface area (Å²) in [6, 6.07) is 5.46. The Labute approximate surface area is 136 Å². The van der Waals surface area contributed by atoms with Crippen LogP contribution in [0.2, 0.25) is 0 Å². The summed E-state index contributed by atoms with van der Waals surface area (Å²) in [6.07, 6.45) is 2.31. The zero-order valence-electron chi connectivity index (χ0n) is 13.3. The highest BCUT2D eigenvalue weighted by molar-refractivity contribution is 7.88. The number of sulfonamides is 1. The zero-order chi connectivity index (χ0) is 17.0. The predicted molar refractivity (Wildman–Crippen MR) is 85.9 cm³/mol. The molecule has 1 heterocycles. The van der Waals surface area contributed by atoms with Crippen LogP contribution in [0, 0.1) is 5.82 Å². The molecule has 6 nitrogen and oxygen atoms in total. The summed E-state index contributed by atoms with van der Waals surface area (Å²) >= 11 is 0. The summed E-state index contributed by atoms with van der Waals surface area (Å²) in [6.45, 7) is 2.83. The third kappa shape index (κ3) is 5.47. The summed E-state index contributed by atoms with van der Waals surface area (Å²) in [4.78, 5) is 13.9. The molecule has 0 bridgehead atoms. The summed E-state index contributed by atoms with van der Waals surface area (Å²) in [5.41, 5.74) is 0.827. The van der Waals surface area contributed by atoms with Gasteiger partial charge in [-0.05, 0) is 37.5 Å². The average molecular weight is 343 g/mol. The fourth-order valence-corrected chi connectivity index (χ4v) is 3.46. The van der Waals surface area contributed by atoms with Gasteiger partial charge in [0.2, 0.25) is 10.0 Å². The Balaban J connectivity index is 1.84. The molecular weight excluding hydrogens is 321 g/mol. The number of piperidine rings is 1. The van der Waals surface area contributed by atoms with Gasteiger partial charge in [0.1, 0.15) is 5.82 Å². The number of rotatable bonds is 4. The number of benzene rings is 1. The lowest BCUT2D eigenvalue weighted by Crippen LogP contribution is -2.49. The van der Waals surface area contributed by atoms with Crippen molar-refractivity contribution < 1.29 is 17.6 Å². The molecule has 0 unspecified atom stereocenters. The molecule has 23 heavy (non-hydrogen) atoms. The molecule has 1 aromatic carbocycles. The van der Waals surface area contributed by atoms with Crippen LogP contribution in [0.3, 0.4) is 0 Å². The van der Waals surface area contributed by atoms with Crippen molar-refractivity contribution in [1.29, 1.82) is 0 Å². The number of carbonyl (C=O) groups is 1. The van der Waals surface area contributed by atoms with Crippen LogP contribution in [0.1, 0.15) is 31.4 Å². The van der Waals surface area contributed by atoms with E-state index in [1.807, 2.05) is 6.92 Å². The van der Waals surface area contributed by atoms with Gasteiger partial charge < -0.3 is 10.2 Å². The monoisotopic (exact) mass is 343 g/mol. The molecule has 1 atom stereocenters. The highest BCUT2D eigenvalue weighted by Crippen LogP contribution is 2.15. The van der Waals surface area contributed by atoms with Crippen molar-refractivity contribution in [3.63, 3.8) is 0 Å². The van der Waals surface area contributed by atoms with E-state index in [0.29, 0.717) is 25.9 Å². The van der Waals surface area contributed by atoms with Crippen molar-refractivity contribution in [3.8, 4) is 0 Å². The lowest BCUT2D eigenvalue weighted by Gasteiger charge is -2.32. The molecule has 2 N–H and O–H groups in total. The van der Waals surface area contributed by atoms with Gasteiger partial charge in [-0.15, -0.1) is 0 Å². The van der Waals surface area contributed by atoms with Gasteiger partial charge in [-0.1, -0.05) is 12.1 Å². The van der Waals surface area contributed by atoms with E-state index in [4.69, 9.17) is 0 Å². The first-order chi connectivity index (χ1) is 10.7. The Morgan fingerprint density at radius 1 is 1.26 bits per heavy atom. The number of likely N-dealkylation sites (tertiary alicyclic amines) is 1. The Morgan fingerprint density at radius 3 is 2.35 bits per heavy atom. The van der Waals surface area contributed by atoms with Gasteiger partial charge in [0.25, 0.3) is 0 Å². The average Bonchev–Trinajstić information content (AvgIpc) is 2.46. The molecule has 1 aromatic rings. The van der Waals surface area contributed by atoms with E-state index in [9.17, 15) is 17.6 Å². The van der Waals surface area contributed by atoms with E-state index in [2.05, 4.69) is 10.0 Å². The van der Waals surface area contributed by atoms with Crippen molar-refractivity contribution in [1.82, 2.24) is 14.9 Å². The maximum atomic E-state index is 12.9. The number of carbonyl (C=O) groups excluding carboxylic acids is 1. The molecule has 2 amide bonds. The lowest BCUT2D eigenvalue weighted by atomic mass is 10.1. The van der Waals surface area contributed by atoms with Crippen LogP contribution in [0.4, 0.5) is 9.18 Å². The van der Waals surface area contributed by atoms with Crippen molar-refractivity contribution in [2.75, 3.05) is 19.3 Å². The summed E-state index contributed by atoms with van der Waals surface area (Å²) < 4.78 is 37.9. The molecule has 0 spiro atoms. The quantitative estimate of drug-likeness (QED) is 0.872. The first kappa shape index (κ1) is 17.7. The molecule has 1 fully saturated rings. The van der Waals surface area contributed by atoms with Gasteiger partial charge in [-0.25, -0.2) is 22.3 Å². The molecule has 0 aliphatic carbocycles. The smallest absolute Gasteiger partial charge is 0.317 e. The standard InChI is InChI=1S/C15H22FN3O3S/c1-11(12-3-5-13(16)6-4-12)17-15(20)19-9-7-14(8-10-19)18-23(2,21)22/h3-6,11,14,18H,7-10H2,1-2H3,(H,17,20)/t11-/m1/s1. The topological polar surface area (TPSA) is 78.5 Å². The van der Waals surface area contributed by atoms with Crippen molar-refractivity contribution in [2.24, 2.45) is 0 Å². The SMILES string of the molecule is C[C@@H](NC(=O)N1CCC(NS(C)(=O)=O)CC1)c1ccc(F)cc1. The van der Waals surface area contributed by atoms with Crippen LogP contribution in [0.5, 0.6) is 0 Å². The molecular formula is C15H22FN3O3S. The van der Waals surface area contributed by atoms with Gasteiger partial charge in [0.15, 0.2) is 0 Å². The zero-order valence-corrected chi connectivity index (χ0v) is 14.1. The number of halogens is 1. The number of amides is 2. The van der Waals surface area contributed by atoms with Crippen molar-refractivity contribution in [2.45, 2.75) is 31.8 Å². The lowest BCUT2D eigenvalue weighted by molar-refractivity contribution is 0.177. The maximum absolute atomic E-state index is 12.9. The van der Waals surface area contributed by atoms with Gasteiger partial charge in [-0.3, -0.25) is 0 Å². The minimum Gasteiger partial charge on any atom is -0.331 e. The van der Waals surface area contributed by atoms with Crippen LogP contribution in [0.25, 0.3) is 0 Å². The Bertz CT molecular complexity index is 640. The molecule has 2 rings (SSSR count). The van der Waals surface area contributed by atoms with Gasteiger partial charge in [-0.2, -0.15) is 0 Å². The van der Waals surface area contributed by atoms with E-state index < -0.39 is 10.0 Å². The third-order valence-corrected chi connectivity index (χ3v) is 4.63. The Morgan fingerprint density at radius 2 is 1.83 bits per heavy atom. The molecule has 1 aliphatic heterocycles. The molecule has 128 valence electrons. The van der Waals surface area contributed by atoms with Crippen LogP contribution < -0.4 is 10.0 Å². The fraction of sp³-hybridized carbons (Fsp3) is 0.533. The fourth-order valence-electron chi connectivity index (χ4n) is 2.61. The number of hydrogen-bond donors (Lipinski definition) is 2. The van der Waals surface area contributed by atoms with Crippen LogP contribution in [-0.2, 0) is 10.0 Å². The normalized spacial score (nSPS) is 17.8. The highest BCUT2D eigenvalue weighted by atomic mass is 32.2.